The Morgan fingerprint density at radius 2 is 1.47 bits per heavy atom. The van der Waals surface area contributed by atoms with Crippen molar-refractivity contribution in [2.75, 3.05) is 17.1 Å². The fourth-order valence-corrected chi connectivity index (χ4v) is 5.10. The van der Waals surface area contributed by atoms with Crippen LogP contribution in [0.1, 0.15) is 37.5 Å². The van der Waals surface area contributed by atoms with E-state index >= 15 is 0 Å². The van der Waals surface area contributed by atoms with Gasteiger partial charge in [-0.05, 0) is 57.9 Å². The number of para-hydroxylation sites is 1. The molecule has 0 spiro atoms. The topological polar surface area (TPSA) is 86.8 Å². The Bertz CT molecular complexity index is 1130. The lowest BCUT2D eigenvalue weighted by atomic mass is 10.1. The van der Waals surface area contributed by atoms with Crippen LogP contribution in [0.5, 0.6) is 0 Å². The number of nitrogens with one attached hydrogen (secondary N) is 1. The van der Waals surface area contributed by atoms with Crippen LogP contribution in [0.4, 0.5) is 5.69 Å². The third kappa shape index (κ3) is 6.87. The van der Waals surface area contributed by atoms with E-state index in [-0.39, 0.29) is 18.5 Å². The Hall–Kier alpha value is -2.29. The van der Waals surface area contributed by atoms with Crippen molar-refractivity contribution in [2.24, 2.45) is 0 Å². The highest BCUT2D eigenvalue weighted by atomic mass is 35.5. The first kappa shape index (κ1) is 28.0. The summed E-state index contributed by atoms with van der Waals surface area (Å²) in [6.07, 6.45) is 1.05. The maximum atomic E-state index is 13.6. The molecule has 0 aromatic heterocycles. The van der Waals surface area contributed by atoms with Gasteiger partial charge in [-0.1, -0.05) is 47.5 Å². The minimum Gasteiger partial charge on any atom is -0.352 e. The second kappa shape index (κ2) is 11.4. The Morgan fingerprint density at radius 1 is 0.971 bits per heavy atom. The van der Waals surface area contributed by atoms with Crippen molar-refractivity contribution in [2.45, 2.75) is 53.2 Å². The van der Waals surface area contributed by atoms with E-state index in [2.05, 4.69) is 5.32 Å². The van der Waals surface area contributed by atoms with Crippen molar-refractivity contribution in [3.8, 4) is 0 Å². The molecule has 7 nitrogen and oxygen atoms in total. The summed E-state index contributed by atoms with van der Waals surface area (Å²) < 4.78 is 26.6. The first-order valence-electron chi connectivity index (χ1n) is 10.8. The summed E-state index contributed by atoms with van der Waals surface area (Å²) in [5.41, 5.74) is 2.34. The smallest absolute Gasteiger partial charge is 0.244 e. The zero-order valence-electron chi connectivity index (χ0n) is 20.2. The number of anilines is 1. The zero-order chi connectivity index (χ0) is 25.8. The molecule has 186 valence electrons. The second-order valence-corrected chi connectivity index (χ2v) is 11.3. The Kier molecular flexibility index (Phi) is 9.39. The highest BCUT2D eigenvalue weighted by Gasteiger charge is 2.32. The summed E-state index contributed by atoms with van der Waals surface area (Å²) in [5, 5.41) is 3.48. The van der Waals surface area contributed by atoms with Gasteiger partial charge in [-0.2, -0.15) is 0 Å². The van der Waals surface area contributed by atoms with Gasteiger partial charge in [0.05, 0.1) is 11.9 Å². The quantitative estimate of drug-likeness (QED) is 0.526. The van der Waals surface area contributed by atoms with Gasteiger partial charge in [0, 0.05) is 28.2 Å². The molecule has 0 bridgehead atoms. The molecule has 1 N–H and O–H groups in total. The number of hydrogen-bond donors (Lipinski definition) is 1. The third-order valence-corrected chi connectivity index (χ3v) is 7.18. The number of benzene rings is 2. The number of aryl methyl sites for hydroxylation is 2. The molecular formula is C24H31Cl2N3O4S. The number of amides is 2. The highest BCUT2D eigenvalue weighted by molar-refractivity contribution is 7.92. The van der Waals surface area contributed by atoms with E-state index < -0.39 is 28.5 Å². The average molecular weight is 529 g/mol. The molecule has 2 aromatic carbocycles. The molecule has 1 atom stereocenters. The Balaban J connectivity index is 2.51. The number of nitrogens with zero attached hydrogens (tertiary/aromatic N) is 2. The molecule has 0 aliphatic carbocycles. The lowest BCUT2D eigenvalue weighted by Gasteiger charge is -2.33. The van der Waals surface area contributed by atoms with E-state index in [1.54, 1.807) is 51.1 Å². The standard InChI is InChI=1S/C24H31Cl2N3O4S/c1-15(2)27-24(31)18(5)28(13-19-20(25)11-8-12-21(19)26)22(30)14-29(34(6,32)33)23-16(3)9-7-10-17(23)4/h7-12,15,18H,13-14H2,1-6H3,(H,27,31). The predicted octanol–water partition coefficient (Wildman–Crippen LogP) is 4.32. The fraction of sp³-hybridized carbons (Fsp3) is 0.417. The normalized spacial score (nSPS) is 12.4. The van der Waals surface area contributed by atoms with Crippen LogP contribution >= 0.6 is 23.2 Å². The maximum Gasteiger partial charge on any atom is 0.244 e. The molecule has 2 rings (SSSR count). The van der Waals surface area contributed by atoms with E-state index in [0.717, 1.165) is 10.6 Å². The first-order valence-corrected chi connectivity index (χ1v) is 13.4. The first-order chi connectivity index (χ1) is 15.7. The maximum absolute atomic E-state index is 13.6. The van der Waals surface area contributed by atoms with E-state index in [0.29, 0.717) is 32.4 Å². The Labute approximate surface area is 212 Å². The number of halogens is 2. The monoisotopic (exact) mass is 527 g/mol. The van der Waals surface area contributed by atoms with Crippen molar-refractivity contribution in [1.29, 1.82) is 0 Å². The van der Waals surface area contributed by atoms with Crippen LogP contribution in [-0.2, 0) is 26.2 Å². The van der Waals surface area contributed by atoms with Crippen molar-refractivity contribution in [3.05, 3.63) is 63.1 Å². The van der Waals surface area contributed by atoms with Crippen molar-refractivity contribution >= 4 is 50.7 Å². The minimum atomic E-state index is -3.81. The van der Waals surface area contributed by atoms with Gasteiger partial charge in [-0.25, -0.2) is 8.42 Å². The van der Waals surface area contributed by atoms with Crippen LogP contribution < -0.4 is 9.62 Å². The van der Waals surface area contributed by atoms with Crippen LogP contribution in [0.25, 0.3) is 0 Å². The van der Waals surface area contributed by atoms with Crippen LogP contribution in [0.15, 0.2) is 36.4 Å². The molecule has 34 heavy (non-hydrogen) atoms. The largest absolute Gasteiger partial charge is 0.352 e. The van der Waals surface area contributed by atoms with Gasteiger partial charge in [0.15, 0.2) is 0 Å². The van der Waals surface area contributed by atoms with Gasteiger partial charge in [-0.3, -0.25) is 13.9 Å². The summed E-state index contributed by atoms with van der Waals surface area (Å²) in [7, 11) is -3.81. The summed E-state index contributed by atoms with van der Waals surface area (Å²) in [6.45, 7) is 8.24. The second-order valence-electron chi connectivity index (χ2n) is 8.57. The number of sulfonamides is 1. The molecule has 10 heteroatoms. The molecule has 0 saturated carbocycles. The van der Waals surface area contributed by atoms with E-state index in [1.807, 2.05) is 19.9 Å². The summed E-state index contributed by atoms with van der Waals surface area (Å²) in [4.78, 5) is 27.7. The molecule has 0 fully saturated rings. The minimum absolute atomic E-state index is 0.0611. The third-order valence-electron chi connectivity index (χ3n) is 5.36. The molecule has 1 unspecified atom stereocenters. The molecule has 0 aliphatic heterocycles. The van der Waals surface area contributed by atoms with Crippen LogP contribution in [0.3, 0.4) is 0 Å². The molecule has 2 amide bonds. The highest BCUT2D eigenvalue weighted by Crippen LogP contribution is 2.29. The van der Waals surface area contributed by atoms with Crippen LogP contribution in [0, 0.1) is 13.8 Å². The average Bonchev–Trinajstić information content (AvgIpc) is 2.71. The van der Waals surface area contributed by atoms with Crippen molar-refractivity contribution < 1.29 is 18.0 Å². The van der Waals surface area contributed by atoms with Gasteiger partial charge < -0.3 is 10.2 Å². The SMILES string of the molecule is Cc1cccc(C)c1N(CC(=O)N(Cc1c(Cl)cccc1Cl)C(C)C(=O)NC(C)C)S(C)(=O)=O. The molecule has 2 aromatic rings. The number of carbonyl (C=O) groups is 2. The van der Waals surface area contributed by atoms with E-state index in [4.69, 9.17) is 23.2 Å². The summed E-state index contributed by atoms with van der Waals surface area (Å²) in [6, 6.07) is 9.31. The molecule has 0 aliphatic rings. The number of carbonyl (C=O) groups excluding carboxylic acids is 2. The van der Waals surface area contributed by atoms with Crippen LogP contribution in [0.2, 0.25) is 10.0 Å². The van der Waals surface area contributed by atoms with Gasteiger partial charge in [0.25, 0.3) is 0 Å². The lowest BCUT2D eigenvalue weighted by molar-refractivity contribution is -0.139. The summed E-state index contributed by atoms with van der Waals surface area (Å²) in [5.74, 6) is -0.931. The zero-order valence-corrected chi connectivity index (χ0v) is 22.6. The van der Waals surface area contributed by atoms with E-state index in [1.165, 1.54) is 4.90 Å². The van der Waals surface area contributed by atoms with Crippen molar-refractivity contribution in [3.63, 3.8) is 0 Å². The van der Waals surface area contributed by atoms with Gasteiger partial charge >= 0.3 is 0 Å². The number of hydrogen-bond acceptors (Lipinski definition) is 4. The molecular weight excluding hydrogens is 497 g/mol. The van der Waals surface area contributed by atoms with Gasteiger partial charge in [0.1, 0.15) is 12.6 Å². The van der Waals surface area contributed by atoms with Gasteiger partial charge in [-0.15, -0.1) is 0 Å². The predicted molar refractivity (Wildman–Crippen MR) is 138 cm³/mol. The fourth-order valence-electron chi connectivity index (χ4n) is 3.62. The van der Waals surface area contributed by atoms with E-state index in [9.17, 15) is 18.0 Å². The number of rotatable bonds is 9. The Morgan fingerprint density at radius 3 is 1.94 bits per heavy atom. The molecule has 0 heterocycles. The lowest BCUT2D eigenvalue weighted by Crippen LogP contribution is -2.52. The molecule has 0 radical (unpaired) electrons. The van der Waals surface area contributed by atoms with Crippen LogP contribution in [-0.4, -0.2) is 50.0 Å². The molecule has 0 saturated heterocycles. The van der Waals surface area contributed by atoms with Crippen molar-refractivity contribution in [1.82, 2.24) is 10.2 Å². The van der Waals surface area contributed by atoms with Gasteiger partial charge in [0.2, 0.25) is 21.8 Å². The summed E-state index contributed by atoms with van der Waals surface area (Å²) >= 11 is 12.7.